The van der Waals surface area contributed by atoms with Crippen LogP contribution in [-0.4, -0.2) is 35.2 Å². The van der Waals surface area contributed by atoms with E-state index in [4.69, 9.17) is 5.21 Å². The fourth-order valence-corrected chi connectivity index (χ4v) is 1.81. The maximum Gasteiger partial charge on any atom is 0.146 e. The number of halogens is 1. The predicted octanol–water partition coefficient (Wildman–Crippen LogP) is 2.17. The smallest absolute Gasteiger partial charge is 0.146 e. The molecular weight excluding hydrogens is 238 g/mol. The Balaban J connectivity index is 0.00000144. The molecule has 4 nitrogen and oxygen atoms in total. The summed E-state index contributed by atoms with van der Waals surface area (Å²) in [5.74, 6) is 0.762. The lowest BCUT2D eigenvalue weighted by atomic mass is 10.2. The molecule has 0 aliphatic carbocycles. The lowest BCUT2D eigenvalue weighted by molar-refractivity contribution is 0.320. The van der Waals surface area contributed by atoms with E-state index < -0.39 is 0 Å². The first-order valence-corrected chi connectivity index (χ1v) is 5.41. The van der Waals surface area contributed by atoms with Gasteiger partial charge in [-0.2, -0.15) is 0 Å². The maximum atomic E-state index is 8.56. The largest absolute Gasteiger partial charge is 0.411 e. The lowest BCUT2D eigenvalue weighted by Gasteiger charge is -2.27. The molecule has 5 heteroatoms. The van der Waals surface area contributed by atoms with Gasteiger partial charge in [0.25, 0.3) is 0 Å². The van der Waals surface area contributed by atoms with E-state index >= 15 is 0 Å². The molecule has 0 unspecified atom stereocenters. The number of oxime groups is 1. The van der Waals surface area contributed by atoms with Crippen LogP contribution in [0.5, 0.6) is 0 Å². The number of nitrogens with zero attached hydrogens (tertiary/aromatic N) is 3. The summed E-state index contributed by atoms with van der Waals surface area (Å²) in [5.41, 5.74) is 1.24. The Labute approximate surface area is 107 Å². The summed E-state index contributed by atoms with van der Waals surface area (Å²) in [5, 5.41) is 11.6. The summed E-state index contributed by atoms with van der Waals surface area (Å²) in [4.78, 5) is 6.45. The molecule has 0 saturated carbocycles. The molecule has 92 valence electrons. The van der Waals surface area contributed by atoms with Gasteiger partial charge in [-0.15, -0.1) is 12.4 Å². The van der Waals surface area contributed by atoms with Crippen molar-refractivity contribution in [1.29, 1.82) is 0 Å². The van der Waals surface area contributed by atoms with E-state index in [1.165, 1.54) is 11.8 Å². The third kappa shape index (κ3) is 3.75. The van der Waals surface area contributed by atoms with E-state index in [0.29, 0.717) is 0 Å². The van der Waals surface area contributed by atoms with E-state index in [1.807, 2.05) is 18.2 Å². The Morgan fingerprint density at radius 2 is 2.12 bits per heavy atom. The highest BCUT2D eigenvalue weighted by atomic mass is 35.5. The molecule has 0 bridgehead atoms. The molecule has 0 atom stereocenters. The molecule has 1 heterocycles. The van der Waals surface area contributed by atoms with Crippen LogP contribution in [-0.2, 0) is 6.54 Å². The molecule has 1 aromatic carbocycles. The van der Waals surface area contributed by atoms with Crippen LogP contribution in [0.25, 0.3) is 0 Å². The van der Waals surface area contributed by atoms with Crippen LogP contribution in [0.4, 0.5) is 0 Å². The summed E-state index contributed by atoms with van der Waals surface area (Å²) >= 11 is 0. The number of amidine groups is 1. The number of rotatable bonds is 3. The van der Waals surface area contributed by atoms with Crippen molar-refractivity contribution >= 4 is 24.5 Å². The monoisotopic (exact) mass is 253 g/mol. The molecular formula is C12H16ClN3O. The third-order valence-corrected chi connectivity index (χ3v) is 2.57. The zero-order chi connectivity index (χ0) is 11.2. The van der Waals surface area contributed by atoms with Crippen LogP contribution in [0.2, 0.25) is 0 Å². The van der Waals surface area contributed by atoms with Gasteiger partial charge in [0.2, 0.25) is 0 Å². The van der Waals surface area contributed by atoms with Crippen molar-refractivity contribution in [1.82, 2.24) is 4.90 Å². The topological polar surface area (TPSA) is 48.2 Å². The second-order valence-corrected chi connectivity index (χ2v) is 3.75. The minimum atomic E-state index is 0. The van der Waals surface area contributed by atoms with Crippen molar-refractivity contribution in [3.8, 4) is 0 Å². The number of hydrogen-bond donors (Lipinski definition) is 1. The Kier molecular flexibility index (Phi) is 5.49. The van der Waals surface area contributed by atoms with Crippen LogP contribution in [0.1, 0.15) is 12.0 Å². The van der Waals surface area contributed by atoms with E-state index in [-0.39, 0.29) is 12.4 Å². The summed E-state index contributed by atoms with van der Waals surface area (Å²) in [6.45, 7) is 2.58. The number of benzene rings is 1. The van der Waals surface area contributed by atoms with Gasteiger partial charge in [-0.1, -0.05) is 35.5 Å². The third-order valence-electron chi connectivity index (χ3n) is 2.57. The molecule has 1 N–H and O–H groups in total. The fourth-order valence-electron chi connectivity index (χ4n) is 1.81. The zero-order valence-electron chi connectivity index (χ0n) is 9.49. The molecule has 17 heavy (non-hydrogen) atoms. The van der Waals surface area contributed by atoms with E-state index in [0.717, 1.165) is 31.9 Å². The van der Waals surface area contributed by atoms with Gasteiger partial charge >= 0.3 is 0 Å². The van der Waals surface area contributed by atoms with Crippen molar-refractivity contribution in [3.05, 3.63) is 35.9 Å². The minimum absolute atomic E-state index is 0. The van der Waals surface area contributed by atoms with Crippen LogP contribution in [0.15, 0.2) is 40.5 Å². The van der Waals surface area contributed by atoms with Gasteiger partial charge in [0.05, 0.1) is 0 Å². The van der Waals surface area contributed by atoms with Crippen molar-refractivity contribution in [2.75, 3.05) is 13.1 Å². The van der Waals surface area contributed by atoms with Crippen LogP contribution in [0.3, 0.4) is 0 Å². The normalized spacial score (nSPS) is 15.5. The highest BCUT2D eigenvalue weighted by Crippen LogP contribution is 2.08. The quantitative estimate of drug-likeness (QED) is 0.510. The second-order valence-electron chi connectivity index (χ2n) is 3.75. The minimum Gasteiger partial charge on any atom is -0.411 e. The van der Waals surface area contributed by atoms with Crippen LogP contribution < -0.4 is 0 Å². The summed E-state index contributed by atoms with van der Waals surface area (Å²) in [6.07, 6.45) is 2.46. The van der Waals surface area contributed by atoms with Crippen molar-refractivity contribution in [2.24, 2.45) is 10.1 Å². The average Bonchev–Trinajstić information content (AvgIpc) is 2.33. The summed E-state index contributed by atoms with van der Waals surface area (Å²) in [6, 6.07) is 10.2. The molecule has 0 amide bonds. The fraction of sp³-hybridized carbons (Fsp3) is 0.333. The van der Waals surface area contributed by atoms with Gasteiger partial charge in [-0.25, -0.2) is 0 Å². The molecule has 0 spiro atoms. The first kappa shape index (κ1) is 13.5. The molecule has 0 saturated heterocycles. The summed E-state index contributed by atoms with van der Waals surface area (Å²) in [7, 11) is 0. The van der Waals surface area contributed by atoms with Gasteiger partial charge in [-0.05, 0) is 12.0 Å². The maximum absolute atomic E-state index is 8.56. The molecule has 1 aliphatic heterocycles. The average molecular weight is 254 g/mol. The Bertz CT molecular complexity index is 392. The van der Waals surface area contributed by atoms with Crippen LogP contribution >= 0.6 is 12.4 Å². The van der Waals surface area contributed by atoms with Gasteiger partial charge in [0.15, 0.2) is 0 Å². The molecule has 0 aromatic heterocycles. The van der Waals surface area contributed by atoms with Crippen molar-refractivity contribution in [2.45, 2.75) is 13.0 Å². The van der Waals surface area contributed by atoms with Gasteiger partial charge in [0.1, 0.15) is 12.1 Å². The highest BCUT2D eigenvalue weighted by Gasteiger charge is 2.13. The van der Waals surface area contributed by atoms with Gasteiger partial charge in [0, 0.05) is 19.6 Å². The number of aliphatic imine (C=N–C) groups is 1. The molecule has 1 aliphatic rings. The summed E-state index contributed by atoms with van der Waals surface area (Å²) < 4.78 is 0. The van der Waals surface area contributed by atoms with Crippen molar-refractivity contribution in [3.63, 3.8) is 0 Å². The van der Waals surface area contributed by atoms with E-state index in [2.05, 4.69) is 27.2 Å². The lowest BCUT2D eigenvalue weighted by Crippen LogP contribution is -2.36. The Morgan fingerprint density at radius 3 is 2.82 bits per heavy atom. The van der Waals surface area contributed by atoms with Crippen molar-refractivity contribution < 1.29 is 5.21 Å². The Morgan fingerprint density at radius 1 is 1.35 bits per heavy atom. The predicted molar refractivity (Wildman–Crippen MR) is 71.3 cm³/mol. The van der Waals surface area contributed by atoms with E-state index in [1.54, 1.807) is 0 Å². The molecule has 0 radical (unpaired) electrons. The number of hydrogen-bond acceptors (Lipinski definition) is 4. The van der Waals surface area contributed by atoms with E-state index in [9.17, 15) is 0 Å². The molecule has 1 aromatic rings. The zero-order valence-corrected chi connectivity index (χ0v) is 10.3. The SMILES string of the molecule is Cl.O/N=C/C1=NCCCN1Cc1ccccc1. The first-order valence-electron chi connectivity index (χ1n) is 5.41. The highest BCUT2D eigenvalue weighted by molar-refractivity contribution is 6.29. The molecule has 2 rings (SSSR count). The van der Waals surface area contributed by atoms with Crippen LogP contribution in [0, 0.1) is 0 Å². The second kappa shape index (κ2) is 6.91. The standard InChI is InChI=1S/C12H15N3O.ClH/c16-14-9-12-13-7-4-8-15(12)10-11-5-2-1-3-6-11;/h1-3,5-6,9,16H,4,7-8,10H2;1H/b14-9+;. The van der Waals surface area contributed by atoms with Gasteiger partial charge in [-0.3, -0.25) is 4.99 Å². The Hall–Kier alpha value is -1.55. The first-order chi connectivity index (χ1) is 7.90. The molecule has 0 fully saturated rings. The van der Waals surface area contributed by atoms with Gasteiger partial charge < -0.3 is 10.1 Å².